The maximum Gasteiger partial charge on any atom is 0.336 e. The van der Waals surface area contributed by atoms with E-state index < -0.39 is 5.97 Å². The second-order valence-corrected chi connectivity index (χ2v) is 4.34. The minimum atomic E-state index is -1.05. The van der Waals surface area contributed by atoms with Gasteiger partial charge in [-0.1, -0.05) is 18.2 Å². The first-order valence-corrected chi connectivity index (χ1v) is 5.51. The van der Waals surface area contributed by atoms with Crippen LogP contribution in [0.15, 0.2) is 29.2 Å². The van der Waals surface area contributed by atoms with Gasteiger partial charge in [0, 0.05) is 0 Å². The number of benzene rings is 1. The Labute approximate surface area is 101 Å². The summed E-state index contributed by atoms with van der Waals surface area (Å²) in [4.78, 5) is 22.7. The van der Waals surface area contributed by atoms with Crippen LogP contribution in [0.2, 0.25) is 0 Å². The molecule has 0 spiro atoms. The molecule has 1 saturated heterocycles. The average molecular weight is 248 g/mol. The van der Waals surface area contributed by atoms with Crippen LogP contribution in [0.3, 0.4) is 0 Å². The van der Waals surface area contributed by atoms with Crippen LogP contribution in [0, 0.1) is 5.41 Å². The Balaban J connectivity index is 2.42. The highest BCUT2D eigenvalue weighted by Crippen LogP contribution is 2.25. The zero-order valence-electron chi connectivity index (χ0n) is 8.56. The summed E-state index contributed by atoms with van der Waals surface area (Å²) < 4.78 is 0. The fraction of sp³-hybridized carbons (Fsp3) is 0. The van der Waals surface area contributed by atoms with Crippen molar-refractivity contribution in [3.8, 4) is 0 Å². The second kappa shape index (κ2) is 4.42. The van der Waals surface area contributed by atoms with Gasteiger partial charge in [-0.2, -0.15) is 0 Å². The van der Waals surface area contributed by atoms with Crippen LogP contribution in [0.4, 0.5) is 0 Å². The van der Waals surface area contributed by atoms with Crippen molar-refractivity contribution in [2.45, 2.75) is 0 Å². The molecule has 0 atom stereocenters. The second-order valence-electron chi connectivity index (χ2n) is 3.29. The summed E-state index contributed by atoms with van der Waals surface area (Å²) in [6.45, 7) is 0. The highest BCUT2D eigenvalue weighted by atomic mass is 32.2. The summed E-state index contributed by atoms with van der Waals surface area (Å²) >= 11 is 0.980. The first-order chi connectivity index (χ1) is 8.08. The SMILES string of the molecule is N=C1NC(=O)/C(=C\c2ccccc2C(=O)O)S1. The van der Waals surface area contributed by atoms with E-state index in [1.54, 1.807) is 18.2 Å². The number of nitrogens with one attached hydrogen (secondary N) is 2. The molecule has 0 radical (unpaired) electrons. The number of hydrogen-bond donors (Lipinski definition) is 3. The number of rotatable bonds is 2. The van der Waals surface area contributed by atoms with Gasteiger partial charge in [0.05, 0.1) is 10.5 Å². The van der Waals surface area contributed by atoms with Gasteiger partial charge in [-0.25, -0.2) is 4.79 Å². The summed E-state index contributed by atoms with van der Waals surface area (Å²) in [5.41, 5.74) is 0.583. The Hall–Kier alpha value is -2.08. The fourth-order valence-electron chi connectivity index (χ4n) is 1.40. The van der Waals surface area contributed by atoms with Crippen LogP contribution in [0.25, 0.3) is 6.08 Å². The smallest absolute Gasteiger partial charge is 0.336 e. The summed E-state index contributed by atoms with van der Waals surface area (Å²) in [7, 11) is 0. The first-order valence-electron chi connectivity index (χ1n) is 4.69. The Bertz CT molecular complexity index is 551. The van der Waals surface area contributed by atoms with Crippen LogP contribution in [0.1, 0.15) is 15.9 Å². The molecule has 0 aromatic heterocycles. The number of carboxylic acids is 1. The van der Waals surface area contributed by atoms with Crippen LogP contribution < -0.4 is 5.32 Å². The van der Waals surface area contributed by atoms with Gasteiger partial charge in [-0.05, 0) is 29.5 Å². The van der Waals surface area contributed by atoms with E-state index in [0.29, 0.717) is 10.5 Å². The molecular formula is C11H8N2O3S. The number of amides is 1. The number of carboxylic acid groups (broad SMARTS) is 1. The summed E-state index contributed by atoms with van der Waals surface area (Å²) in [6, 6.07) is 6.40. The molecule has 1 heterocycles. The summed E-state index contributed by atoms with van der Waals surface area (Å²) in [6.07, 6.45) is 1.48. The Morgan fingerprint density at radius 1 is 1.41 bits per heavy atom. The molecule has 86 valence electrons. The quantitative estimate of drug-likeness (QED) is 0.692. The lowest BCUT2D eigenvalue weighted by Crippen LogP contribution is -2.18. The molecule has 0 saturated carbocycles. The third-order valence-electron chi connectivity index (χ3n) is 2.14. The lowest BCUT2D eigenvalue weighted by molar-refractivity contribution is -0.115. The van der Waals surface area contributed by atoms with E-state index in [1.807, 2.05) is 0 Å². The van der Waals surface area contributed by atoms with E-state index in [0.717, 1.165) is 11.8 Å². The Kier molecular flexibility index (Phi) is 2.97. The van der Waals surface area contributed by atoms with E-state index in [2.05, 4.69) is 5.32 Å². The molecule has 1 fully saturated rings. The standard InChI is InChI=1S/C11H8N2O3S/c12-11-13-9(14)8(17-11)5-6-3-1-2-4-7(6)10(15)16/h1-5H,(H,15,16)(H2,12,13,14)/b8-5+. The average Bonchev–Trinajstić information content (AvgIpc) is 2.58. The molecule has 6 heteroatoms. The molecule has 1 aliphatic rings. The molecule has 1 amide bonds. The number of carbonyl (C=O) groups excluding carboxylic acids is 1. The van der Waals surface area contributed by atoms with Crippen molar-refractivity contribution in [1.82, 2.24) is 5.32 Å². The van der Waals surface area contributed by atoms with Crippen molar-refractivity contribution in [2.24, 2.45) is 0 Å². The van der Waals surface area contributed by atoms with Gasteiger partial charge < -0.3 is 10.4 Å². The van der Waals surface area contributed by atoms with Crippen LogP contribution in [-0.4, -0.2) is 22.2 Å². The zero-order valence-corrected chi connectivity index (χ0v) is 9.38. The van der Waals surface area contributed by atoms with Crippen molar-refractivity contribution in [1.29, 1.82) is 5.41 Å². The molecule has 1 aliphatic heterocycles. The highest BCUT2D eigenvalue weighted by Gasteiger charge is 2.22. The maximum atomic E-state index is 11.4. The molecule has 5 nitrogen and oxygen atoms in total. The monoisotopic (exact) mass is 248 g/mol. The van der Waals surface area contributed by atoms with Gasteiger partial charge in [0.15, 0.2) is 5.17 Å². The van der Waals surface area contributed by atoms with Crippen LogP contribution in [-0.2, 0) is 4.79 Å². The third-order valence-corrected chi connectivity index (χ3v) is 2.97. The van der Waals surface area contributed by atoms with Gasteiger partial charge in [0.1, 0.15) is 0 Å². The van der Waals surface area contributed by atoms with Crippen molar-refractivity contribution >= 4 is 34.9 Å². The predicted molar refractivity (Wildman–Crippen MR) is 64.8 cm³/mol. The number of amidine groups is 1. The normalized spacial score (nSPS) is 17.3. The van der Waals surface area contributed by atoms with Crippen LogP contribution in [0.5, 0.6) is 0 Å². The molecule has 1 aromatic carbocycles. The van der Waals surface area contributed by atoms with E-state index in [1.165, 1.54) is 12.1 Å². The lowest BCUT2D eigenvalue weighted by atomic mass is 10.1. The zero-order chi connectivity index (χ0) is 12.4. The summed E-state index contributed by atoms with van der Waals surface area (Å²) in [5, 5.41) is 18.6. The van der Waals surface area contributed by atoms with Crippen molar-refractivity contribution in [3.05, 3.63) is 40.3 Å². The van der Waals surface area contributed by atoms with E-state index in [-0.39, 0.29) is 16.6 Å². The van der Waals surface area contributed by atoms with E-state index in [9.17, 15) is 9.59 Å². The first kappa shape index (κ1) is 11.4. The number of thioether (sulfide) groups is 1. The molecule has 3 N–H and O–H groups in total. The number of hydrogen-bond acceptors (Lipinski definition) is 4. The van der Waals surface area contributed by atoms with E-state index >= 15 is 0 Å². The summed E-state index contributed by atoms with van der Waals surface area (Å²) in [5.74, 6) is -1.42. The van der Waals surface area contributed by atoms with Gasteiger partial charge >= 0.3 is 5.97 Å². The van der Waals surface area contributed by atoms with Gasteiger partial charge in [0.2, 0.25) is 0 Å². The maximum absolute atomic E-state index is 11.4. The minimum Gasteiger partial charge on any atom is -0.478 e. The van der Waals surface area contributed by atoms with Crippen molar-refractivity contribution in [2.75, 3.05) is 0 Å². The van der Waals surface area contributed by atoms with Crippen molar-refractivity contribution < 1.29 is 14.7 Å². The molecule has 1 aromatic rings. The van der Waals surface area contributed by atoms with Crippen LogP contribution >= 0.6 is 11.8 Å². The Morgan fingerprint density at radius 2 is 2.12 bits per heavy atom. The lowest BCUT2D eigenvalue weighted by Gasteiger charge is -2.00. The predicted octanol–water partition coefficient (Wildman–Crippen LogP) is 1.52. The molecular weight excluding hydrogens is 240 g/mol. The van der Waals surface area contributed by atoms with E-state index in [4.69, 9.17) is 10.5 Å². The van der Waals surface area contributed by atoms with Crippen molar-refractivity contribution in [3.63, 3.8) is 0 Å². The largest absolute Gasteiger partial charge is 0.478 e. The third kappa shape index (κ3) is 2.36. The number of carbonyl (C=O) groups is 2. The minimum absolute atomic E-state index is 0.0501. The van der Waals surface area contributed by atoms with Gasteiger partial charge in [-0.15, -0.1) is 0 Å². The highest BCUT2D eigenvalue weighted by molar-refractivity contribution is 8.18. The fourth-order valence-corrected chi connectivity index (χ4v) is 2.09. The van der Waals surface area contributed by atoms with Gasteiger partial charge in [0.25, 0.3) is 5.91 Å². The molecule has 0 bridgehead atoms. The van der Waals surface area contributed by atoms with Gasteiger partial charge in [-0.3, -0.25) is 10.2 Å². The molecule has 0 aliphatic carbocycles. The molecule has 0 unspecified atom stereocenters. The number of aromatic carboxylic acids is 1. The topological polar surface area (TPSA) is 90.3 Å². The molecule has 17 heavy (non-hydrogen) atoms. The Morgan fingerprint density at radius 3 is 2.71 bits per heavy atom. The molecule has 2 rings (SSSR count).